The van der Waals surface area contributed by atoms with Crippen LogP contribution in [0.1, 0.15) is 129 Å². The molecule has 1 saturated carbocycles. The van der Waals surface area contributed by atoms with Crippen LogP contribution in [0.2, 0.25) is 5.02 Å². The van der Waals surface area contributed by atoms with Crippen molar-refractivity contribution < 1.29 is 71.9 Å². The summed E-state index contributed by atoms with van der Waals surface area (Å²) in [5, 5.41) is 20.3. The van der Waals surface area contributed by atoms with E-state index in [1.807, 2.05) is 26.8 Å². The lowest BCUT2D eigenvalue weighted by atomic mass is 9.78. The lowest BCUT2D eigenvalue weighted by molar-refractivity contribution is -0.187. The second kappa shape index (κ2) is 29.1. The fraction of sp³-hybridized carbons (Fsp3) is 0.600. The van der Waals surface area contributed by atoms with Crippen LogP contribution >= 0.6 is 11.6 Å². The second-order valence-corrected chi connectivity index (χ2v) is 23.0. The number of esters is 2. The Morgan fingerprint density at radius 3 is 2.40 bits per heavy atom. The van der Waals surface area contributed by atoms with E-state index in [-0.39, 0.29) is 91.6 Å². The fourth-order valence-corrected chi connectivity index (χ4v) is 11.1. The topological polar surface area (TPSA) is 281 Å². The molecule has 3 fully saturated rings. The van der Waals surface area contributed by atoms with Gasteiger partial charge in [0, 0.05) is 63.9 Å². The molecular formula is C60H82ClN5O15. The van der Waals surface area contributed by atoms with E-state index in [4.69, 9.17) is 45.8 Å². The molecule has 81 heavy (non-hydrogen) atoms. The summed E-state index contributed by atoms with van der Waals surface area (Å²) < 4.78 is 35.0. The Morgan fingerprint density at radius 1 is 1.01 bits per heavy atom. The third kappa shape index (κ3) is 17.6. The molecule has 3 aliphatic heterocycles. The molecule has 3 heterocycles. The molecule has 2 saturated heterocycles. The quantitative estimate of drug-likeness (QED) is 0.0307. The predicted octanol–water partition coefficient (Wildman–Crippen LogP) is 7.80. The first kappa shape index (κ1) is 63.8. The first-order valence-corrected chi connectivity index (χ1v) is 28.5. The average molecular weight is 1150 g/mol. The van der Waals surface area contributed by atoms with Crippen molar-refractivity contribution in [2.75, 3.05) is 44.6 Å². The van der Waals surface area contributed by atoms with Crippen molar-refractivity contribution in [1.82, 2.24) is 10.6 Å². The molecule has 4 aliphatic rings. The number of allylic oxidation sites excluding steroid dienone is 3. The summed E-state index contributed by atoms with van der Waals surface area (Å²) >= 11 is 6.84. The number of nitrogens with one attached hydrogen (secondary N) is 3. The van der Waals surface area contributed by atoms with Crippen molar-refractivity contribution in [3.8, 4) is 5.75 Å². The number of urea groups is 1. The largest absolute Gasteiger partial charge is 0.495 e. The number of benzene rings is 2. The molecule has 4 bridgehead atoms. The van der Waals surface area contributed by atoms with Crippen molar-refractivity contribution in [3.63, 3.8) is 0 Å². The molecule has 6 N–H and O–H groups in total. The van der Waals surface area contributed by atoms with Gasteiger partial charge >= 0.3 is 24.1 Å². The first-order valence-electron chi connectivity index (χ1n) is 28.2. The van der Waals surface area contributed by atoms with Gasteiger partial charge in [0.2, 0.25) is 11.8 Å². The number of fused-ring (bicyclic) bond motifs is 5. The maximum Gasteiger partial charge on any atom is 0.412 e. The van der Waals surface area contributed by atoms with Gasteiger partial charge in [-0.25, -0.2) is 9.59 Å². The Balaban J connectivity index is 1.13. The van der Waals surface area contributed by atoms with Gasteiger partial charge in [-0.2, -0.15) is 0 Å². The molecule has 2 aromatic carbocycles. The summed E-state index contributed by atoms with van der Waals surface area (Å²) in [4.78, 5) is 107. The maximum atomic E-state index is 14.4. The molecule has 0 aromatic heterocycles. The van der Waals surface area contributed by atoms with Crippen LogP contribution in [0.25, 0.3) is 0 Å². The Hall–Kier alpha value is -6.35. The molecule has 21 heteroatoms. The normalized spacial score (nSPS) is 25.8. The summed E-state index contributed by atoms with van der Waals surface area (Å²) in [5.41, 5.74) is 5.24. The van der Waals surface area contributed by atoms with E-state index in [0.29, 0.717) is 55.7 Å². The Kier molecular flexibility index (Phi) is 22.9. The lowest BCUT2D eigenvalue weighted by Crippen LogP contribution is -2.53. The van der Waals surface area contributed by atoms with Crippen LogP contribution in [0.15, 0.2) is 60.2 Å². The minimum atomic E-state index is -1.63. The number of carbonyl (C=O) groups excluding carboxylic acids is 8. The number of aliphatic hydroxyl groups is 1. The number of nitrogens with two attached hydrogens (primary N) is 1. The van der Waals surface area contributed by atoms with Crippen LogP contribution in [0.3, 0.4) is 0 Å². The number of anilines is 2. The highest BCUT2D eigenvalue weighted by Gasteiger charge is 2.64. The number of ketones is 2. The lowest BCUT2D eigenvalue weighted by Gasteiger charge is -2.41. The van der Waals surface area contributed by atoms with Crippen molar-refractivity contribution in [1.29, 1.82) is 0 Å². The van der Waals surface area contributed by atoms with E-state index >= 15 is 0 Å². The Morgan fingerprint density at radius 2 is 1.74 bits per heavy atom. The van der Waals surface area contributed by atoms with E-state index in [1.54, 1.807) is 69.4 Å². The molecule has 0 spiro atoms. The number of epoxide rings is 1. The van der Waals surface area contributed by atoms with E-state index in [0.717, 1.165) is 30.4 Å². The van der Waals surface area contributed by atoms with Crippen molar-refractivity contribution in [2.45, 2.75) is 173 Å². The van der Waals surface area contributed by atoms with E-state index in [2.05, 4.69) is 16.0 Å². The van der Waals surface area contributed by atoms with Crippen LogP contribution < -0.4 is 31.3 Å². The number of primary amides is 1. The second-order valence-electron chi connectivity index (χ2n) is 22.7. The molecule has 444 valence electrons. The van der Waals surface area contributed by atoms with E-state index < -0.39 is 83.4 Å². The van der Waals surface area contributed by atoms with Crippen LogP contribution in [0, 0.1) is 23.7 Å². The zero-order valence-electron chi connectivity index (χ0n) is 48.0. The van der Waals surface area contributed by atoms with Crippen molar-refractivity contribution in [2.24, 2.45) is 29.4 Å². The zero-order chi connectivity index (χ0) is 59.2. The number of methoxy groups -OCH3 is 2. The third-order valence-electron chi connectivity index (χ3n) is 16.1. The van der Waals surface area contributed by atoms with Gasteiger partial charge in [0.1, 0.15) is 46.1 Å². The molecule has 1 aliphatic carbocycles. The number of nitrogens with zero attached hydrogens (tertiary/aromatic N) is 1. The Labute approximate surface area is 479 Å². The summed E-state index contributed by atoms with van der Waals surface area (Å²) in [6.07, 6.45) is 5.88. The first-order chi connectivity index (χ1) is 38.4. The molecule has 2 aromatic rings. The molecule has 20 nitrogen and oxygen atoms in total. The number of Topliss-reactive ketones (excluding diaryl/α,β-unsaturated/α-hetero) is 2. The van der Waals surface area contributed by atoms with Gasteiger partial charge in [0.05, 0.1) is 50.3 Å². The van der Waals surface area contributed by atoms with Crippen LogP contribution in [-0.4, -0.2) is 129 Å². The number of hydrogen-bond donors (Lipinski definition) is 5. The SMILES string of the molecule is COc1cc2cc(c1Cl)N(C)C(=O)C[C@H](OC(=O)Nc1ccc(CC(=O)[C@H](CCCNC(N)=O)NC(=O)[C@@H](CC(=O)CCCCCOC(=O)C3CCC3)C(C)C)cc1)[C@]1(C)O[C@H]1[C@H](C)[C@@H]1C[C@@](O)(CC(=O)O1)[C@H](OC)/C=C/C=C(\C)C2. The highest BCUT2D eigenvalue weighted by molar-refractivity contribution is 6.35. The van der Waals surface area contributed by atoms with Gasteiger partial charge in [-0.05, 0) is 107 Å². The fourth-order valence-electron chi connectivity index (χ4n) is 10.8. The number of unbranched alkanes of at least 4 members (excludes halogenated alkanes) is 2. The smallest absolute Gasteiger partial charge is 0.412 e. The monoisotopic (exact) mass is 1150 g/mol. The number of ether oxygens (including phenoxy) is 6. The van der Waals surface area contributed by atoms with Crippen LogP contribution in [0.4, 0.5) is 21.0 Å². The van der Waals surface area contributed by atoms with Crippen molar-refractivity contribution in [3.05, 3.63) is 76.3 Å². The van der Waals surface area contributed by atoms with Gasteiger partial charge in [-0.1, -0.05) is 74.7 Å². The summed E-state index contributed by atoms with van der Waals surface area (Å²) in [7, 11) is 4.48. The molecule has 0 unspecified atom stereocenters. The third-order valence-corrected chi connectivity index (χ3v) is 16.5. The van der Waals surface area contributed by atoms with Crippen molar-refractivity contribution >= 4 is 70.4 Å². The van der Waals surface area contributed by atoms with Gasteiger partial charge in [-0.3, -0.25) is 34.1 Å². The number of rotatable bonds is 23. The van der Waals surface area contributed by atoms with E-state index in [1.165, 1.54) is 19.1 Å². The number of amides is 5. The number of halogens is 1. The van der Waals surface area contributed by atoms with Gasteiger partial charge in [-0.15, -0.1) is 0 Å². The molecule has 6 rings (SSSR count). The van der Waals surface area contributed by atoms with Gasteiger partial charge < -0.3 is 54.8 Å². The minimum Gasteiger partial charge on any atom is -0.495 e. The number of hydrogen-bond acceptors (Lipinski definition) is 15. The molecule has 0 radical (unpaired) electrons. The highest BCUT2D eigenvalue weighted by atomic mass is 35.5. The number of carbonyl (C=O) groups is 8. The highest BCUT2D eigenvalue weighted by Crippen LogP contribution is 2.50. The maximum absolute atomic E-state index is 14.4. The molecule has 5 amide bonds. The molecule has 9 atom stereocenters. The Bertz CT molecular complexity index is 2660. The van der Waals surface area contributed by atoms with Crippen LogP contribution in [-0.2, 0) is 65.3 Å². The summed E-state index contributed by atoms with van der Waals surface area (Å²) in [5.74, 6) is -3.22. The van der Waals surface area contributed by atoms with Gasteiger partial charge in [0.15, 0.2) is 5.78 Å². The van der Waals surface area contributed by atoms with E-state index in [9.17, 15) is 43.5 Å². The average Bonchev–Trinajstić information content (AvgIpc) is 4.31. The zero-order valence-corrected chi connectivity index (χ0v) is 48.7. The molecular weight excluding hydrogens is 1070 g/mol. The van der Waals surface area contributed by atoms with Crippen LogP contribution in [0.5, 0.6) is 5.75 Å². The predicted molar refractivity (Wildman–Crippen MR) is 302 cm³/mol. The summed E-state index contributed by atoms with van der Waals surface area (Å²) in [6, 6.07) is 8.27. The van der Waals surface area contributed by atoms with Gasteiger partial charge in [0.25, 0.3) is 0 Å². The standard InChI is InChI=1S/C60H82ClN5O15/c1-35(2)43(31-42(67)18-10-9-11-26-78-56(72)40-16-13-17-40)55(71)65-44(19-14-25-63-57(62)73)46(68)29-38-21-23-41(24-22-38)64-58(74)80-50-32-51(69)66(6)45-28-39(30-47(76-7)53(45)61)27-36(3)15-12-20-49(77-8)60(75)33-48(79-52(70)34-60)37(4)54-59(50,5)81-54/h12,15,20-24,28,30,35,37,40,43-44,48-50,54,75H,9-11,13-14,16-19,25-27,29,31-34H2,1-8H3,(H,64,74)(H,65,71)(H3,62,63,73)/b20-12+,36-15+/t37-,43+,44+,48+,49-,50+,54+,59+,60-/m1/s1. The minimum absolute atomic E-state index is 0.00516. The summed E-state index contributed by atoms with van der Waals surface area (Å²) in [6.45, 7) is 9.58.